The predicted molar refractivity (Wildman–Crippen MR) is 123 cm³/mol. The average Bonchev–Trinajstić information content (AvgIpc) is 2.87. The highest BCUT2D eigenvalue weighted by atomic mass is 19.4. The minimum atomic E-state index is -4.82. The molecule has 1 N–H and O–H groups in total. The standard InChI is InChI=1S/C25H19F5N4O3/c1-13-9-14(7-8-31-23-21-17(26)4-5-18(27)22(21)33-12-34-23)3-6-19(13)37-20-10-16(25(28,29)30)15(11-32-20)24(35)36-2/h3-6,9-12H,7-8H2,1-2H3,(H,31,33,34). The summed E-state index contributed by atoms with van der Waals surface area (Å²) in [5.74, 6) is -2.41. The van der Waals surface area contributed by atoms with Gasteiger partial charge in [-0.2, -0.15) is 13.2 Å². The molecule has 0 aliphatic rings. The predicted octanol–water partition coefficient (Wildman–Crippen LogP) is 5.86. The van der Waals surface area contributed by atoms with Crippen molar-refractivity contribution in [1.29, 1.82) is 0 Å². The highest BCUT2D eigenvalue weighted by Gasteiger charge is 2.36. The number of ether oxygens (including phenoxy) is 2. The van der Waals surface area contributed by atoms with Gasteiger partial charge in [0.1, 0.15) is 35.0 Å². The second-order valence-electron chi connectivity index (χ2n) is 7.91. The van der Waals surface area contributed by atoms with Gasteiger partial charge in [-0.1, -0.05) is 12.1 Å². The molecule has 2 aromatic heterocycles. The quantitative estimate of drug-likeness (QED) is 0.242. The number of halogens is 5. The molecule has 4 aromatic rings. The molecule has 0 aliphatic carbocycles. The number of nitrogens with one attached hydrogen (secondary N) is 1. The third-order valence-electron chi connectivity index (χ3n) is 5.44. The fourth-order valence-electron chi connectivity index (χ4n) is 3.65. The monoisotopic (exact) mass is 518 g/mol. The van der Waals surface area contributed by atoms with Crippen molar-refractivity contribution in [2.45, 2.75) is 19.5 Å². The summed E-state index contributed by atoms with van der Waals surface area (Å²) in [5, 5.41) is 2.92. The Labute approximate surface area is 207 Å². The Morgan fingerprint density at radius 2 is 1.78 bits per heavy atom. The van der Waals surface area contributed by atoms with Crippen molar-refractivity contribution < 1.29 is 36.2 Å². The third kappa shape index (κ3) is 5.57. The fourth-order valence-corrected chi connectivity index (χ4v) is 3.65. The number of fused-ring (bicyclic) bond motifs is 1. The molecule has 2 heterocycles. The highest BCUT2D eigenvalue weighted by molar-refractivity contribution is 5.91. The smallest absolute Gasteiger partial charge is 0.417 e. The van der Waals surface area contributed by atoms with Gasteiger partial charge in [0.25, 0.3) is 0 Å². The number of rotatable bonds is 7. The van der Waals surface area contributed by atoms with Crippen molar-refractivity contribution in [3.05, 3.63) is 82.8 Å². The fraction of sp³-hybridized carbons (Fsp3) is 0.200. The van der Waals surface area contributed by atoms with Gasteiger partial charge in [0.15, 0.2) is 0 Å². The van der Waals surface area contributed by atoms with Crippen molar-refractivity contribution in [3.63, 3.8) is 0 Å². The first-order chi connectivity index (χ1) is 17.6. The maximum Gasteiger partial charge on any atom is 0.417 e. The number of carbonyl (C=O) groups is 1. The molecule has 0 saturated heterocycles. The van der Waals surface area contributed by atoms with E-state index in [9.17, 15) is 26.7 Å². The molecule has 0 saturated carbocycles. The lowest BCUT2D eigenvalue weighted by atomic mass is 10.1. The summed E-state index contributed by atoms with van der Waals surface area (Å²) in [6.45, 7) is 2.03. The Hall–Kier alpha value is -4.35. The topological polar surface area (TPSA) is 86.2 Å². The number of esters is 1. The number of hydrogen-bond acceptors (Lipinski definition) is 7. The van der Waals surface area contributed by atoms with Gasteiger partial charge in [-0.25, -0.2) is 28.5 Å². The van der Waals surface area contributed by atoms with Crippen molar-refractivity contribution in [3.8, 4) is 11.6 Å². The lowest BCUT2D eigenvalue weighted by Crippen LogP contribution is -2.15. The Morgan fingerprint density at radius 1 is 1.03 bits per heavy atom. The lowest BCUT2D eigenvalue weighted by molar-refractivity contribution is -0.138. The van der Waals surface area contributed by atoms with Crippen LogP contribution in [0, 0.1) is 18.6 Å². The molecule has 0 spiro atoms. The number of methoxy groups -OCH3 is 1. The summed E-state index contributed by atoms with van der Waals surface area (Å²) < 4.78 is 78.4. The molecule has 2 aromatic carbocycles. The lowest BCUT2D eigenvalue weighted by Gasteiger charge is -2.14. The van der Waals surface area contributed by atoms with Crippen LogP contribution in [0.4, 0.5) is 27.8 Å². The summed E-state index contributed by atoms with van der Waals surface area (Å²) >= 11 is 0. The Morgan fingerprint density at radius 3 is 2.49 bits per heavy atom. The summed E-state index contributed by atoms with van der Waals surface area (Å²) in [6, 6.07) is 7.68. The Balaban J connectivity index is 1.47. The minimum Gasteiger partial charge on any atom is -0.465 e. The van der Waals surface area contributed by atoms with Crippen LogP contribution in [0.1, 0.15) is 27.0 Å². The molecule has 0 fully saturated rings. The summed E-state index contributed by atoms with van der Waals surface area (Å²) in [6.07, 6.45) is -2.46. The normalized spacial score (nSPS) is 11.4. The largest absolute Gasteiger partial charge is 0.465 e. The molecule has 0 unspecified atom stereocenters. The summed E-state index contributed by atoms with van der Waals surface area (Å²) in [4.78, 5) is 23.3. The Kier molecular flexibility index (Phi) is 7.18. The maximum atomic E-state index is 14.2. The average molecular weight is 518 g/mol. The van der Waals surface area contributed by atoms with Gasteiger partial charge in [0, 0.05) is 18.8 Å². The van der Waals surface area contributed by atoms with Crippen LogP contribution in [0.15, 0.2) is 48.9 Å². The van der Waals surface area contributed by atoms with Crippen molar-refractivity contribution >= 4 is 22.7 Å². The zero-order valence-corrected chi connectivity index (χ0v) is 19.5. The van der Waals surface area contributed by atoms with Gasteiger partial charge >= 0.3 is 12.1 Å². The van der Waals surface area contributed by atoms with Crippen LogP contribution < -0.4 is 10.1 Å². The van der Waals surface area contributed by atoms with Crippen LogP contribution in [0.25, 0.3) is 10.9 Å². The van der Waals surface area contributed by atoms with E-state index in [0.717, 1.165) is 37.3 Å². The summed E-state index contributed by atoms with van der Waals surface area (Å²) in [7, 11) is 0.973. The van der Waals surface area contributed by atoms with Gasteiger partial charge in [-0.3, -0.25) is 0 Å². The third-order valence-corrected chi connectivity index (χ3v) is 5.44. The number of aryl methyl sites for hydroxylation is 1. The summed E-state index contributed by atoms with van der Waals surface area (Å²) in [5.41, 5.74) is -0.617. The van der Waals surface area contributed by atoms with E-state index in [0.29, 0.717) is 24.6 Å². The van der Waals surface area contributed by atoms with Gasteiger partial charge in [0.2, 0.25) is 5.88 Å². The van der Waals surface area contributed by atoms with Gasteiger partial charge in [0.05, 0.1) is 23.6 Å². The SMILES string of the molecule is COC(=O)c1cnc(Oc2ccc(CCNc3ncnc4c(F)ccc(F)c34)cc2C)cc1C(F)(F)F. The molecule has 0 bridgehead atoms. The molecule has 192 valence electrons. The second-order valence-corrected chi connectivity index (χ2v) is 7.91. The van der Waals surface area contributed by atoms with Crippen LogP contribution in [0.5, 0.6) is 11.6 Å². The first-order valence-corrected chi connectivity index (χ1v) is 10.8. The Bertz CT molecular complexity index is 1480. The number of alkyl halides is 3. The molecule has 37 heavy (non-hydrogen) atoms. The van der Waals surface area contributed by atoms with E-state index in [1.807, 2.05) is 0 Å². The van der Waals surface area contributed by atoms with Crippen LogP contribution in [0.3, 0.4) is 0 Å². The van der Waals surface area contributed by atoms with E-state index < -0.39 is 34.9 Å². The molecule has 4 rings (SSSR count). The van der Waals surface area contributed by atoms with E-state index >= 15 is 0 Å². The van der Waals surface area contributed by atoms with Crippen LogP contribution in [0.2, 0.25) is 0 Å². The van der Waals surface area contributed by atoms with Gasteiger partial charge in [-0.15, -0.1) is 0 Å². The molecule has 0 aliphatic heterocycles. The zero-order chi connectivity index (χ0) is 26.7. The van der Waals surface area contributed by atoms with Crippen molar-refractivity contribution in [2.24, 2.45) is 0 Å². The molecule has 0 atom stereocenters. The minimum absolute atomic E-state index is 0.0497. The van der Waals surface area contributed by atoms with Crippen LogP contribution in [-0.4, -0.2) is 34.6 Å². The van der Waals surface area contributed by atoms with E-state index in [4.69, 9.17) is 4.74 Å². The number of hydrogen-bond donors (Lipinski definition) is 1. The van der Waals surface area contributed by atoms with Crippen LogP contribution in [-0.2, 0) is 17.3 Å². The molecule has 0 amide bonds. The van der Waals surface area contributed by atoms with Crippen molar-refractivity contribution in [1.82, 2.24) is 15.0 Å². The number of benzene rings is 2. The molecule has 12 heteroatoms. The maximum absolute atomic E-state index is 14.2. The van der Waals surface area contributed by atoms with E-state index in [-0.39, 0.29) is 28.4 Å². The molecule has 7 nitrogen and oxygen atoms in total. The van der Waals surface area contributed by atoms with Gasteiger partial charge in [-0.05, 0) is 42.7 Å². The van der Waals surface area contributed by atoms with E-state index in [2.05, 4.69) is 25.0 Å². The highest BCUT2D eigenvalue weighted by Crippen LogP contribution is 2.35. The van der Waals surface area contributed by atoms with Crippen molar-refractivity contribution in [2.75, 3.05) is 19.0 Å². The molecular formula is C25H19F5N4O3. The number of pyridine rings is 1. The van der Waals surface area contributed by atoms with Gasteiger partial charge < -0.3 is 14.8 Å². The van der Waals surface area contributed by atoms with Crippen LogP contribution >= 0.6 is 0 Å². The number of anilines is 1. The number of carbonyl (C=O) groups excluding carboxylic acids is 1. The van der Waals surface area contributed by atoms with E-state index in [1.54, 1.807) is 25.1 Å². The first kappa shape index (κ1) is 25.7. The number of aromatic nitrogens is 3. The molecular weight excluding hydrogens is 499 g/mol. The first-order valence-electron chi connectivity index (χ1n) is 10.8. The molecule has 0 radical (unpaired) electrons. The second kappa shape index (κ2) is 10.3. The number of nitrogens with zero attached hydrogens (tertiary/aromatic N) is 3. The zero-order valence-electron chi connectivity index (χ0n) is 19.5. The van der Waals surface area contributed by atoms with E-state index in [1.165, 1.54) is 0 Å².